The third-order valence-electron chi connectivity index (χ3n) is 3.12. The fraction of sp³-hybridized carbons (Fsp3) is 0.143. The minimum Gasteiger partial charge on any atom is -0.335 e. The maximum atomic E-state index is 12.0. The van der Waals surface area contributed by atoms with E-state index in [2.05, 4.69) is 44.9 Å². The van der Waals surface area contributed by atoms with Gasteiger partial charge in [0.15, 0.2) is 0 Å². The highest BCUT2D eigenvalue weighted by Gasteiger charge is 2.16. The summed E-state index contributed by atoms with van der Waals surface area (Å²) in [5.41, 5.74) is 1.06. The Balaban J connectivity index is 1.80. The second-order valence-corrected chi connectivity index (χ2v) is 4.58. The first-order valence-corrected chi connectivity index (χ1v) is 6.20. The molecule has 6 heteroatoms. The molecule has 0 aliphatic carbocycles. The van der Waals surface area contributed by atoms with E-state index in [4.69, 9.17) is 0 Å². The number of aromatic amines is 1. The minimum atomic E-state index is -0.257. The molecule has 1 N–H and O–H groups in total. The van der Waals surface area contributed by atoms with Gasteiger partial charge in [-0.1, -0.05) is 36.4 Å². The van der Waals surface area contributed by atoms with Crippen molar-refractivity contribution in [1.29, 1.82) is 0 Å². The van der Waals surface area contributed by atoms with Crippen molar-refractivity contribution in [1.82, 2.24) is 25.5 Å². The van der Waals surface area contributed by atoms with Crippen LogP contribution in [0.3, 0.4) is 0 Å². The van der Waals surface area contributed by atoms with E-state index in [1.807, 2.05) is 18.2 Å². The van der Waals surface area contributed by atoms with Gasteiger partial charge in [-0.2, -0.15) is 5.21 Å². The average molecular weight is 267 g/mol. The molecule has 0 saturated carbocycles. The predicted molar refractivity (Wildman–Crippen MR) is 73.9 cm³/mol. The number of nitrogens with zero attached hydrogens (tertiary/aromatic N) is 4. The summed E-state index contributed by atoms with van der Waals surface area (Å²) in [4.78, 5) is 13.6. The number of fused-ring (bicyclic) bond motifs is 1. The van der Waals surface area contributed by atoms with Crippen LogP contribution in [0.5, 0.6) is 0 Å². The van der Waals surface area contributed by atoms with E-state index in [-0.39, 0.29) is 11.7 Å². The van der Waals surface area contributed by atoms with E-state index in [9.17, 15) is 4.79 Å². The number of benzene rings is 2. The molecule has 2 aromatic carbocycles. The summed E-state index contributed by atoms with van der Waals surface area (Å²) >= 11 is 0. The largest absolute Gasteiger partial charge is 0.335 e. The van der Waals surface area contributed by atoms with Gasteiger partial charge in [0.1, 0.15) is 0 Å². The van der Waals surface area contributed by atoms with Crippen LogP contribution >= 0.6 is 0 Å². The Morgan fingerprint density at radius 2 is 2.00 bits per heavy atom. The Morgan fingerprint density at radius 1 is 1.20 bits per heavy atom. The highest BCUT2D eigenvalue weighted by molar-refractivity contribution is 5.90. The number of hydrogen-bond donors (Lipinski definition) is 1. The van der Waals surface area contributed by atoms with Gasteiger partial charge < -0.3 is 4.90 Å². The van der Waals surface area contributed by atoms with E-state index in [1.54, 1.807) is 11.9 Å². The monoisotopic (exact) mass is 267 g/mol. The molecule has 100 valence electrons. The number of aromatic nitrogens is 4. The quantitative estimate of drug-likeness (QED) is 0.782. The number of carbonyl (C=O) groups excluding carboxylic acids is 1. The Morgan fingerprint density at radius 3 is 2.75 bits per heavy atom. The van der Waals surface area contributed by atoms with Gasteiger partial charge in [-0.3, -0.25) is 4.79 Å². The molecule has 0 fully saturated rings. The van der Waals surface area contributed by atoms with Gasteiger partial charge in [-0.05, 0) is 27.6 Å². The zero-order chi connectivity index (χ0) is 13.9. The maximum absolute atomic E-state index is 12.0. The van der Waals surface area contributed by atoms with Gasteiger partial charge in [0, 0.05) is 13.6 Å². The molecule has 20 heavy (non-hydrogen) atoms. The summed E-state index contributed by atoms with van der Waals surface area (Å²) in [5.74, 6) is -0.180. The predicted octanol–water partition coefficient (Wildman–Crippen LogP) is 1.63. The van der Waals surface area contributed by atoms with Crippen LogP contribution in [0.4, 0.5) is 0 Å². The Labute approximate surface area is 115 Å². The number of carbonyl (C=O) groups is 1. The lowest BCUT2D eigenvalue weighted by atomic mass is 10.1. The number of amides is 1. The topological polar surface area (TPSA) is 74.8 Å². The smallest absolute Gasteiger partial charge is 0.295 e. The summed E-state index contributed by atoms with van der Waals surface area (Å²) in [6.45, 7) is 0.498. The zero-order valence-electron chi connectivity index (χ0n) is 10.9. The van der Waals surface area contributed by atoms with E-state index >= 15 is 0 Å². The van der Waals surface area contributed by atoms with Crippen molar-refractivity contribution in [2.45, 2.75) is 6.54 Å². The lowest BCUT2D eigenvalue weighted by Crippen LogP contribution is -2.27. The number of tetrazole rings is 1. The van der Waals surface area contributed by atoms with Gasteiger partial charge in [-0.15, -0.1) is 10.2 Å². The van der Waals surface area contributed by atoms with Crippen LogP contribution < -0.4 is 0 Å². The molecule has 0 aliphatic rings. The molecule has 0 atom stereocenters. The fourth-order valence-corrected chi connectivity index (χ4v) is 2.11. The van der Waals surface area contributed by atoms with Gasteiger partial charge in [0.2, 0.25) is 0 Å². The summed E-state index contributed by atoms with van der Waals surface area (Å²) in [5, 5.41) is 15.4. The molecule has 0 aliphatic heterocycles. The summed E-state index contributed by atoms with van der Waals surface area (Å²) in [7, 11) is 1.72. The molecule has 0 bridgehead atoms. The first kappa shape index (κ1) is 12.3. The van der Waals surface area contributed by atoms with Gasteiger partial charge >= 0.3 is 0 Å². The van der Waals surface area contributed by atoms with Crippen molar-refractivity contribution in [3.63, 3.8) is 0 Å². The van der Waals surface area contributed by atoms with E-state index in [0.29, 0.717) is 6.54 Å². The van der Waals surface area contributed by atoms with Crippen LogP contribution in [0.1, 0.15) is 16.2 Å². The summed E-state index contributed by atoms with van der Waals surface area (Å²) in [6, 6.07) is 14.3. The Hall–Kier alpha value is -2.76. The van der Waals surface area contributed by atoms with Crippen LogP contribution in [0.2, 0.25) is 0 Å². The third-order valence-corrected chi connectivity index (χ3v) is 3.12. The van der Waals surface area contributed by atoms with Crippen LogP contribution in [0, 0.1) is 0 Å². The van der Waals surface area contributed by atoms with Gasteiger partial charge in [0.05, 0.1) is 0 Å². The summed E-state index contributed by atoms with van der Waals surface area (Å²) < 4.78 is 0. The lowest BCUT2D eigenvalue weighted by molar-refractivity contribution is 0.0773. The van der Waals surface area contributed by atoms with Crippen molar-refractivity contribution in [2.75, 3.05) is 7.05 Å². The number of H-pyrrole nitrogens is 1. The standard InChI is InChI=1S/C14H13N5O/c1-19(14(20)13-15-17-18-16-13)9-10-6-7-11-4-2-3-5-12(11)8-10/h2-8H,9H2,1H3,(H,15,16,17,18). The second kappa shape index (κ2) is 5.08. The molecule has 3 rings (SSSR count). The molecule has 1 amide bonds. The molecular weight excluding hydrogens is 254 g/mol. The van der Waals surface area contributed by atoms with Crippen LogP contribution in [0.15, 0.2) is 42.5 Å². The Kier molecular flexibility index (Phi) is 3.12. The molecule has 6 nitrogen and oxygen atoms in total. The first-order chi connectivity index (χ1) is 9.74. The number of nitrogens with one attached hydrogen (secondary N) is 1. The average Bonchev–Trinajstić information content (AvgIpc) is 3.00. The third kappa shape index (κ3) is 2.35. The van der Waals surface area contributed by atoms with Crippen LogP contribution in [-0.4, -0.2) is 38.5 Å². The van der Waals surface area contributed by atoms with Crippen molar-refractivity contribution in [3.05, 3.63) is 53.9 Å². The molecule has 0 spiro atoms. The van der Waals surface area contributed by atoms with Crippen molar-refractivity contribution in [2.24, 2.45) is 0 Å². The van der Waals surface area contributed by atoms with E-state index in [1.165, 1.54) is 5.39 Å². The van der Waals surface area contributed by atoms with Crippen molar-refractivity contribution >= 4 is 16.7 Å². The lowest BCUT2D eigenvalue weighted by Gasteiger charge is -2.15. The maximum Gasteiger partial charge on any atom is 0.295 e. The minimum absolute atomic E-state index is 0.0771. The van der Waals surface area contributed by atoms with Crippen molar-refractivity contribution < 1.29 is 4.79 Å². The van der Waals surface area contributed by atoms with Crippen LogP contribution in [0.25, 0.3) is 10.8 Å². The SMILES string of the molecule is CN(Cc1ccc2ccccc2c1)C(=O)c1nn[nH]n1. The van der Waals surface area contributed by atoms with Gasteiger partial charge in [-0.25, -0.2) is 0 Å². The van der Waals surface area contributed by atoms with E-state index in [0.717, 1.165) is 10.9 Å². The normalized spacial score (nSPS) is 10.7. The van der Waals surface area contributed by atoms with Crippen LogP contribution in [-0.2, 0) is 6.54 Å². The van der Waals surface area contributed by atoms with E-state index < -0.39 is 0 Å². The molecule has 1 aromatic heterocycles. The first-order valence-electron chi connectivity index (χ1n) is 6.20. The van der Waals surface area contributed by atoms with Crippen molar-refractivity contribution in [3.8, 4) is 0 Å². The van der Waals surface area contributed by atoms with Gasteiger partial charge in [0.25, 0.3) is 11.7 Å². The zero-order valence-corrected chi connectivity index (χ0v) is 10.9. The molecule has 0 unspecified atom stereocenters. The molecule has 0 saturated heterocycles. The summed E-state index contributed by atoms with van der Waals surface area (Å²) in [6.07, 6.45) is 0. The fourth-order valence-electron chi connectivity index (χ4n) is 2.11. The highest BCUT2D eigenvalue weighted by atomic mass is 16.2. The molecular formula is C14H13N5O. The highest BCUT2D eigenvalue weighted by Crippen LogP contribution is 2.16. The number of rotatable bonds is 3. The molecule has 1 heterocycles. The second-order valence-electron chi connectivity index (χ2n) is 4.58. The molecule has 3 aromatic rings. The molecule has 0 radical (unpaired) electrons. The number of hydrogen-bond acceptors (Lipinski definition) is 4. The Bertz CT molecular complexity index is 738.